The van der Waals surface area contributed by atoms with Gasteiger partial charge in [-0.15, -0.1) is 0 Å². The largest absolute Gasteiger partial charge is 0.302 e. The molecule has 0 saturated carbocycles. The van der Waals surface area contributed by atoms with Gasteiger partial charge in [-0.1, -0.05) is 20.8 Å². The number of nitrogens with one attached hydrogen (secondary N) is 2. The number of H-pyrrole nitrogens is 1. The second-order valence-electron chi connectivity index (χ2n) is 4.81. The standard InChI is InChI=1S/C9H18N4O2S/c1-9(2,3)7-6-8(11-10-7)12-16(14,15)13(4)5/h6H,1-5H3,(H2,10,11,12). The van der Waals surface area contributed by atoms with E-state index in [1.807, 2.05) is 20.8 Å². The number of hydrogen-bond acceptors (Lipinski definition) is 3. The SMILES string of the molecule is CN(C)S(=O)(=O)Nc1cc(C(C)(C)C)[nH]n1. The molecule has 1 rings (SSSR count). The summed E-state index contributed by atoms with van der Waals surface area (Å²) in [7, 11) is -0.567. The van der Waals surface area contributed by atoms with Gasteiger partial charge < -0.3 is 0 Å². The molecular formula is C9H18N4O2S. The van der Waals surface area contributed by atoms with E-state index in [1.54, 1.807) is 6.07 Å². The summed E-state index contributed by atoms with van der Waals surface area (Å²) in [5.41, 5.74) is 0.790. The molecule has 0 unspecified atom stereocenters. The van der Waals surface area contributed by atoms with Crippen LogP contribution in [-0.4, -0.2) is 37.0 Å². The molecule has 0 radical (unpaired) electrons. The zero-order valence-electron chi connectivity index (χ0n) is 10.2. The lowest BCUT2D eigenvalue weighted by Gasteiger charge is -2.14. The molecule has 0 atom stereocenters. The number of anilines is 1. The molecule has 0 aliphatic rings. The first kappa shape index (κ1) is 13.0. The van der Waals surface area contributed by atoms with E-state index in [2.05, 4.69) is 14.9 Å². The Morgan fingerprint density at radius 2 is 1.94 bits per heavy atom. The van der Waals surface area contributed by atoms with Crippen molar-refractivity contribution in [1.82, 2.24) is 14.5 Å². The molecular weight excluding hydrogens is 228 g/mol. The Morgan fingerprint density at radius 1 is 1.38 bits per heavy atom. The number of hydrogen-bond donors (Lipinski definition) is 2. The van der Waals surface area contributed by atoms with E-state index in [4.69, 9.17) is 0 Å². The van der Waals surface area contributed by atoms with Crippen LogP contribution in [0, 0.1) is 0 Å². The van der Waals surface area contributed by atoms with Crippen LogP contribution in [0.15, 0.2) is 6.07 Å². The van der Waals surface area contributed by atoms with E-state index in [0.717, 1.165) is 10.00 Å². The van der Waals surface area contributed by atoms with E-state index >= 15 is 0 Å². The minimum Gasteiger partial charge on any atom is -0.280 e. The maximum atomic E-state index is 11.5. The van der Waals surface area contributed by atoms with E-state index in [-0.39, 0.29) is 5.41 Å². The van der Waals surface area contributed by atoms with Crippen LogP contribution in [0.1, 0.15) is 26.5 Å². The monoisotopic (exact) mass is 246 g/mol. The van der Waals surface area contributed by atoms with Gasteiger partial charge in [0.15, 0.2) is 5.82 Å². The fraction of sp³-hybridized carbons (Fsp3) is 0.667. The van der Waals surface area contributed by atoms with Crippen molar-refractivity contribution in [3.05, 3.63) is 11.8 Å². The van der Waals surface area contributed by atoms with Crippen LogP contribution >= 0.6 is 0 Å². The van der Waals surface area contributed by atoms with Gasteiger partial charge in [0.1, 0.15) is 0 Å². The van der Waals surface area contributed by atoms with Gasteiger partial charge in [-0.3, -0.25) is 9.82 Å². The first-order chi connectivity index (χ1) is 7.13. The smallest absolute Gasteiger partial charge is 0.280 e. The zero-order chi connectivity index (χ0) is 12.6. The second-order valence-corrected chi connectivity index (χ2v) is 6.69. The van der Waals surface area contributed by atoms with Crippen molar-refractivity contribution < 1.29 is 8.42 Å². The Bertz CT molecular complexity index is 456. The molecule has 1 aromatic heterocycles. The number of rotatable bonds is 3. The summed E-state index contributed by atoms with van der Waals surface area (Å²) in [6, 6.07) is 1.70. The summed E-state index contributed by atoms with van der Waals surface area (Å²) in [4.78, 5) is 0. The molecule has 92 valence electrons. The molecule has 0 aliphatic heterocycles. The molecule has 1 heterocycles. The molecule has 0 bridgehead atoms. The van der Waals surface area contributed by atoms with Crippen LogP contribution in [0.25, 0.3) is 0 Å². The first-order valence-corrected chi connectivity index (χ1v) is 6.33. The fourth-order valence-corrected chi connectivity index (χ4v) is 1.53. The van der Waals surface area contributed by atoms with Crippen LogP contribution in [0.5, 0.6) is 0 Å². The van der Waals surface area contributed by atoms with Gasteiger partial charge in [0.05, 0.1) is 0 Å². The van der Waals surface area contributed by atoms with Crippen LogP contribution < -0.4 is 4.72 Å². The minimum absolute atomic E-state index is 0.0885. The molecule has 7 heteroatoms. The van der Waals surface area contributed by atoms with Crippen molar-refractivity contribution >= 4 is 16.0 Å². The highest BCUT2D eigenvalue weighted by Crippen LogP contribution is 2.22. The molecule has 0 aliphatic carbocycles. The third kappa shape index (κ3) is 2.96. The Labute approximate surface area is 96.2 Å². The molecule has 16 heavy (non-hydrogen) atoms. The fourth-order valence-electron chi connectivity index (χ4n) is 0.982. The molecule has 6 nitrogen and oxygen atoms in total. The van der Waals surface area contributed by atoms with Crippen LogP contribution in [-0.2, 0) is 15.6 Å². The summed E-state index contributed by atoms with van der Waals surface area (Å²) in [5, 5.41) is 6.72. The van der Waals surface area contributed by atoms with Crippen molar-refractivity contribution in [2.24, 2.45) is 0 Å². The highest BCUT2D eigenvalue weighted by molar-refractivity contribution is 7.90. The van der Waals surface area contributed by atoms with E-state index < -0.39 is 10.2 Å². The summed E-state index contributed by atoms with van der Waals surface area (Å²) >= 11 is 0. The summed E-state index contributed by atoms with van der Waals surface area (Å²) < 4.78 is 26.5. The zero-order valence-corrected chi connectivity index (χ0v) is 11.0. The molecule has 0 fully saturated rings. The maximum absolute atomic E-state index is 11.5. The van der Waals surface area contributed by atoms with Crippen LogP contribution in [0.2, 0.25) is 0 Å². The third-order valence-corrected chi connectivity index (χ3v) is 3.53. The minimum atomic E-state index is -3.48. The van der Waals surface area contributed by atoms with E-state index in [0.29, 0.717) is 5.82 Å². The lowest BCUT2D eigenvalue weighted by molar-refractivity contribution is 0.526. The van der Waals surface area contributed by atoms with Crippen molar-refractivity contribution in [2.75, 3.05) is 18.8 Å². The lowest BCUT2D eigenvalue weighted by atomic mass is 9.92. The van der Waals surface area contributed by atoms with Crippen molar-refractivity contribution in [2.45, 2.75) is 26.2 Å². The van der Waals surface area contributed by atoms with Gasteiger partial charge in [0, 0.05) is 31.3 Å². The van der Waals surface area contributed by atoms with Crippen LogP contribution in [0.3, 0.4) is 0 Å². The molecule has 0 saturated heterocycles. The quantitative estimate of drug-likeness (QED) is 0.832. The van der Waals surface area contributed by atoms with Crippen LogP contribution in [0.4, 0.5) is 5.82 Å². The number of nitrogens with zero attached hydrogens (tertiary/aromatic N) is 2. The average Bonchev–Trinajstić information content (AvgIpc) is 2.50. The van der Waals surface area contributed by atoms with E-state index in [9.17, 15) is 8.42 Å². The van der Waals surface area contributed by atoms with Crippen molar-refractivity contribution in [3.63, 3.8) is 0 Å². The lowest BCUT2D eigenvalue weighted by Crippen LogP contribution is -2.29. The van der Waals surface area contributed by atoms with Gasteiger partial charge in [0.25, 0.3) is 0 Å². The Morgan fingerprint density at radius 3 is 2.31 bits per heavy atom. The molecule has 0 amide bonds. The summed E-state index contributed by atoms with van der Waals surface area (Å²) in [6.07, 6.45) is 0. The van der Waals surface area contributed by atoms with Gasteiger partial charge in [0.2, 0.25) is 0 Å². The Kier molecular flexibility index (Phi) is 3.30. The predicted octanol–water partition coefficient (Wildman–Crippen LogP) is 0.925. The average molecular weight is 246 g/mol. The Hall–Kier alpha value is -1.08. The van der Waals surface area contributed by atoms with Crippen molar-refractivity contribution in [3.8, 4) is 0 Å². The molecule has 0 spiro atoms. The molecule has 1 aromatic rings. The first-order valence-electron chi connectivity index (χ1n) is 4.89. The number of aromatic amines is 1. The predicted molar refractivity (Wildman–Crippen MR) is 63.5 cm³/mol. The Balaban J connectivity index is 2.90. The molecule has 2 N–H and O–H groups in total. The van der Waals surface area contributed by atoms with Gasteiger partial charge >= 0.3 is 10.2 Å². The maximum Gasteiger partial charge on any atom is 0.302 e. The van der Waals surface area contributed by atoms with Gasteiger partial charge in [-0.2, -0.15) is 17.8 Å². The normalized spacial score (nSPS) is 13.1. The highest BCUT2D eigenvalue weighted by Gasteiger charge is 2.19. The summed E-state index contributed by atoms with van der Waals surface area (Å²) in [6.45, 7) is 6.06. The highest BCUT2D eigenvalue weighted by atomic mass is 32.2. The number of aromatic nitrogens is 2. The van der Waals surface area contributed by atoms with Gasteiger partial charge in [-0.25, -0.2) is 0 Å². The third-order valence-electron chi connectivity index (χ3n) is 2.10. The second kappa shape index (κ2) is 4.06. The molecule has 0 aromatic carbocycles. The summed E-state index contributed by atoms with van der Waals surface area (Å²) in [5.74, 6) is 0.304. The van der Waals surface area contributed by atoms with E-state index in [1.165, 1.54) is 14.1 Å². The van der Waals surface area contributed by atoms with Gasteiger partial charge in [-0.05, 0) is 0 Å². The van der Waals surface area contributed by atoms with Crippen molar-refractivity contribution in [1.29, 1.82) is 0 Å². The topological polar surface area (TPSA) is 78.1 Å².